The van der Waals surface area contributed by atoms with Crippen LogP contribution >= 0.6 is 0 Å². The quantitative estimate of drug-likeness (QED) is 0.475. The van der Waals surface area contributed by atoms with Gasteiger partial charge in [0.15, 0.2) is 0 Å². The highest BCUT2D eigenvalue weighted by Gasteiger charge is 2.22. The lowest BCUT2D eigenvalue weighted by atomic mass is 10.2. The maximum Gasteiger partial charge on any atom is 0.241 e. The molecule has 1 saturated heterocycles. The maximum atomic E-state index is 13.1. The van der Waals surface area contributed by atoms with E-state index in [1.807, 2.05) is 0 Å². The van der Waals surface area contributed by atoms with E-state index in [0.717, 1.165) is 18.7 Å². The van der Waals surface area contributed by atoms with Crippen LogP contribution in [0.3, 0.4) is 0 Å². The molecular formula is C23H29FN4O5S. The Bertz CT molecular complexity index is 1040. The van der Waals surface area contributed by atoms with Crippen molar-refractivity contribution in [2.24, 2.45) is 0 Å². The van der Waals surface area contributed by atoms with Crippen LogP contribution in [-0.4, -0.2) is 82.5 Å². The number of sulfonamides is 1. The molecule has 34 heavy (non-hydrogen) atoms. The molecule has 0 spiro atoms. The fourth-order valence-corrected chi connectivity index (χ4v) is 4.36. The van der Waals surface area contributed by atoms with Crippen LogP contribution in [0.25, 0.3) is 0 Å². The number of ether oxygens (including phenoxy) is 1. The Balaban J connectivity index is 1.58. The molecule has 0 radical (unpaired) electrons. The molecule has 2 amide bonds. The molecule has 1 aliphatic heterocycles. The van der Waals surface area contributed by atoms with Gasteiger partial charge in [0.25, 0.3) is 0 Å². The van der Waals surface area contributed by atoms with Crippen LogP contribution in [0.1, 0.15) is 5.56 Å². The molecule has 3 rings (SSSR count). The van der Waals surface area contributed by atoms with Gasteiger partial charge in [0.1, 0.15) is 5.82 Å². The standard InChI is InChI=1S/C23H29FN4O5S/c24-20-8-6-19(7-9-20)16-25-22(29)18-28(11-10-27-12-14-33-15-13-27)23(30)17-26-34(31,32)21-4-2-1-3-5-21/h1-9,26H,10-18H2,(H,25,29). The van der Waals surface area contributed by atoms with Gasteiger partial charge in [-0.05, 0) is 29.8 Å². The Morgan fingerprint density at radius 3 is 2.38 bits per heavy atom. The summed E-state index contributed by atoms with van der Waals surface area (Å²) in [6.07, 6.45) is 0. The molecule has 11 heteroatoms. The highest BCUT2D eigenvalue weighted by atomic mass is 32.2. The minimum Gasteiger partial charge on any atom is -0.379 e. The van der Waals surface area contributed by atoms with E-state index in [1.165, 1.54) is 29.2 Å². The van der Waals surface area contributed by atoms with Crippen molar-refractivity contribution in [3.63, 3.8) is 0 Å². The molecule has 0 aromatic heterocycles. The van der Waals surface area contributed by atoms with Gasteiger partial charge < -0.3 is 15.0 Å². The van der Waals surface area contributed by atoms with E-state index in [2.05, 4.69) is 14.9 Å². The summed E-state index contributed by atoms with van der Waals surface area (Å²) in [7, 11) is -3.86. The molecule has 0 aliphatic carbocycles. The van der Waals surface area contributed by atoms with Crippen LogP contribution in [0, 0.1) is 5.82 Å². The van der Waals surface area contributed by atoms with Crippen molar-refractivity contribution in [3.05, 3.63) is 66.0 Å². The zero-order valence-corrected chi connectivity index (χ0v) is 19.6. The van der Waals surface area contributed by atoms with Crippen LogP contribution < -0.4 is 10.0 Å². The molecule has 2 aromatic rings. The Morgan fingerprint density at radius 1 is 1.03 bits per heavy atom. The van der Waals surface area contributed by atoms with E-state index in [4.69, 9.17) is 4.74 Å². The van der Waals surface area contributed by atoms with Gasteiger partial charge in [-0.1, -0.05) is 30.3 Å². The van der Waals surface area contributed by atoms with Crippen molar-refractivity contribution in [1.82, 2.24) is 19.8 Å². The average molecular weight is 493 g/mol. The summed E-state index contributed by atoms with van der Waals surface area (Å²) >= 11 is 0. The summed E-state index contributed by atoms with van der Waals surface area (Å²) in [5, 5.41) is 2.71. The lowest BCUT2D eigenvalue weighted by Crippen LogP contribution is -2.48. The molecule has 1 heterocycles. The second-order valence-corrected chi connectivity index (χ2v) is 9.58. The van der Waals surface area contributed by atoms with Gasteiger partial charge in [0.2, 0.25) is 21.8 Å². The number of benzene rings is 2. The minimum atomic E-state index is -3.86. The van der Waals surface area contributed by atoms with E-state index >= 15 is 0 Å². The van der Waals surface area contributed by atoms with Crippen molar-refractivity contribution in [2.45, 2.75) is 11.4 Å². The third kappa shape index (κ3) is 8.17. The first-order valence-corrected chi connectivity index (χ1v) is 12.5. The summed E-state index contributed by atoms with van der Waals surface area (Å²) in [5.74, 6) is -1.27. The summed E-state index contributed by atoms with van der Waals surface area (Å²) in [5.41, 5.74) is 0.719. The van der Waals surface area contributed by atoms with Crippen molar-refractivity contribution >= 4 is 21.8 Å². The molecule has 2 aromatic carbocycles. The lowest BCUT2D eigenvalue weighted by Gasteiger charge is -2.30. The molecule has 0 atom stereocenters. The van der Waals surface area contributed by atoms with E-state index < -0.39 is 28.4 Å². The molecule has 0 unspecified atom stereocenters. The molecule has 184 valence electrons. The van der Waals surface area contributed by atoms with Crippen molar-refractivity contribution < 1.29 is 27.1 Å². The summed E-state index contributed by atoms with van der Waals surface area (Å²) in [6.45, 7) is 2.93. The molecule has 2 N–H and O–H groups in total. The Labute approximate surface area is 198 Å². The molecule has 1 aliphatic rings. The maximum absolute atomic E-state index is 13.1. The summed E-state index contributed by atoms with van der Waals surface area (Å²) < 4.78 is 45.6. The second-order valence-electron chi connectivity index (χ2n) is 7.81. The number of nitrogens with one attached hydrogen (secondary N) is 2. The Kier molecular flexibility index (Phi) is 9.52. The van der Waals surface area contributed by atoms with Crippen LogP contribution in [0.5, 0.6) is 0 Å². The van der Waals surface area contributed by atoms with E-state index in [1.54, 1.807) is 30.3 Å². The van der Waals surface area contributed by atoms with Gasteiger partial charge in [0, 0.05) is 32.7 Å². The predicted molar refractivity (Wildman–Crippen MR) is 124 cm³/mol. The number of carbonyl (C=O) groups excluding carboxylic acids is 2. The first kappa shape index (κ1) is 25.8. The molecule has 0 saturated carbocycles. The smallest absolute Gasteiger partial charge is 0.241 e. The number of amides is 2. The van der Waals surface area contributed by atoms with Crippen LogP contribution in [0.4, 0.5) is 4.39 Å². The predicted octanol–water partition coefficient (Wildman–Crippen LogP) is 0.581. The number of carbonyl (C=O) groups is 2. The zero-order chi connectivity index (χ0) is 24.4. The first-order chi connectivity index (χ1) is 16.3. The van der Waals surface area contributed by atoms with Gasteiger partial charge in [-0.2, -0.15) is 0 Å². The summed E-state index contributed by atoms with van der Waals surface area (Å²) in [6, 6.07) is 13.5. The number of rotatable bonds is 11. The van der Waals surface area contributed by atoms with E-state index in [0.29, 0.717) is 19.8 Å². The van der Waals surface area contributed by atoms with Gasteiger partial charge in [-0.25, -0.2) is 17.5 Å². The van der Waals surface area contributed by atoms with Crippen molar-refractivity contribution in [2.75, 3.05) is 52.5 Å². The number of hydrogen-bond donors (Lipinski definition) is 2. The van der Waals surface area contributed by atoms with Crippen LogP contribution in [-0.2, 0) is 30.9 Å². The third-order valence-corrected chi connectivity index (χ3v) is 6.76. The molecular weight excluding hydrogens is 463 g/mol. The van der Waals surface area contributed by atoms with Crippen LogP contribution in [0.2, 0.25) is 0 Å². The SMILES string of the molecule is O=C(CN(CCN1CCOCC1)C(=O)CNS(=O)(=O)c1ccccc1)NCc1ccc(F)cc1. The lowest BCUT2D eigenvalue weighted by molar-refractivity contribution is -0.135. The van der Waals surface area contributed by atoms with Crippen molar-refractivity contribution in [3.8, 4) is 0 Å². The van der Waals surface area contributed by atoms with Gasteiger partial charge in [-0.3, -0.25) is 14.5 Å². The zero-order valence-electron chi connectivity index (χ0n) is 18.8. The fraction of sp³-hybridized carbons (Fsp3) is 0.391. The van der Waals surface area contributed by atoms with Gasteiger partial charge in [-0.15, -0.1) is 0 Å². The van der Waals surface area contributed by atoms with Crippen molar-refractivity contribution in [1.29, 1.82) is 0 Å². The number of hydrogen-bond acceptors (Lipinski definition) is 6. The van der Waals surface area contributed by atoms with Gasteiger partial charge in [0.05, 0.1) is 31.2 Å². The third-order valence-electron chi connectivity index (χ3n) is 5.35. The van der Waals surface area contributed by atoms with Gasteiger partial charge >= 0.3 is 0 Å². The van der Waals surface area contributed by atoms with E-state index in [9.17, 15) is 22.4 Å². The minimum absolute atomic E-state index is 0.0553. The highest BCUT2D eigenvalue weighted by molar-refractivity contribution is 7.89. The Morgan fingerprint density at radius 2 is 1.71 bits per heavy atom. The number of nitrogens with zero attached hydrogens (tertiary/aromatic N) is 2. The summed E-state index contributed by atoms with van der Waals surface area (Å²) in [4.78, 5) is 28.9. The monoisotopic (exact) mass is 492 g/mol. The first-order valence-electron chi connectivity index (χ1n) is 11.0. The number of morpholine rings is 1. The second kappa shape index (κ2) is 12.6. The molecule has 0 bridgehead atoms. The van der Waals surface area contributed by atoms with E-state index in [-0.39, 0.29) is 30.3 Å². The molecule has 9 nitrogen and oxygen atoms in total. The highest BCUT2D eigenvalue weighted by Crippen LogP contribution is 2.07. The topological polar surface area (TPSA) is 108 Å². The number of halogens is 1. The Hall–Kier alpha value is -2.86. The fourth-order valence-electron chi connectivity index (χ4n) is 3.36. The average Bonchev–Trinajstić information content (AvgIpc) is 2.86. The van der Waals surface area contributed by atoms with Crippen LogP contribution in [0.15, 0.2) is 59.5 Å². The largest absolute Gasteiger partial charge is 0.379 e. The molecule has 1 fully saturated rings. The normalized spacial score (nSPS) is 14.5.